The van der Waals surface area contributed by atoms with Crippen molar-refractivity contribution >= 4 is 114 Å². The molecule has 6 aromatic rings. The molecule has 2 amide bonds. The van der Waals surface area contributed by atoms with Gasteiger partial charge in [0.05, 0.1) is 24.6 Å². The van der Waals surface area contributed by atoms with Gasteiger partial charge in [0.2, 0.25) is 11.8 Å². The molecular weight excluding hydrogens is 1000 g/mol. The number of piperazine rings is 2. The van der Waals surface area contributed by atoms with Gasteiger partial charge < -0.3 is 33.8 Å². The molecule has 10 rings (SSSR count). The molecule has 0 N–H and O–H groups in total. The van der Waals surface area contributed by atoms with E-state index in [4.69, 9.17) is 9.47 Å². The number of benzene rings is 4. The second kappa shape index (κ2) is 27.8. The molecule has 73 heavy (non-hydrogen) atoms. The fourth-order valence-electron chi connectivity index (χ4n) is 10.0. The van der Waals surface area contributed by atoms with Crippen LogP contribution < -0.4 is 29.1 Å². The number of thiophene rings is 2. The van der Waals surface area contributed by atoms with Gasteiger partial charge >= 0.3 is 11.9 Å². The van der Waals surface area contributed by atoms with Crippen LogP contribution in [-0.2, 0) is 36.8 Å². The van der Waals surface area contributed by atoms with Crippen molar-refractivity contribution in [3.63, 3.8) is 0 Å². The lowest BCUT2D eigenvalue weighted by atomic mass is 10.0. The van der Waals surface area contributed by atoms with Crippen molar-refractivity contribution in [3.05, 3.63) is 107 Å². The molecule has 13 nitrogen and oxygen atoms in total. The minimum Gasteiger partial charge on any atom is -0.493 e. The van der Waals surface area contributed by atoms with E-state index < -0.39 is 11.9 Å². The van der Waals surface area contributed by atoms with Crippen LogP contribution in [0.5, 0.6) is 11.5 Å². The zero-order valence-electron chi connectivity index (χ0n) is 42.6. The first-order chi connectivity index (χ1) is 34.5. The fourth-order valence-corrected chi connectivity index (χ4v) is 11.6. The molecule has 0 radical (unpaired) electrons. The van der Waals surface area contributed by atoms with Crippen molar-refractivity contribution in [3.8, 4) is 11.5 Å². The summed E-state index contributed by atoms with van der Waals surface area (Å²) in [4.78, 5) is 57.4. The summed E-state index contributed by atoms with van der Waals surface area (Å²) in [7, 11) is 0. The van der Waals surface area contributed by atoms with E-state index in [1.165, 1.54) is 56.5 Å². The lowest BCUT2D eigenvalue weighted by Gasteiger charge is -2.36. The summed E-state index contributed by atoms with van der Waals surface area (Å²) in [6.07, 6.45) is 6.14. The maximum absolute atomic E-state index is 11.9. The molecule has 4 aromatic carbocycles. The average molecular weight is 1070 g/mol. The number of carbonyl (C=O) groups excluding carboxylic acids is 4. The number of esters is 2. The zero-order valence-corrected chi connectivity index (χ0v) is 45.8. The Kier molecular flexibility index (Phi) is 21.6. The molecular formula is C56H70Cl2N6O7S2. The Balaban J connectivity index is 0.000000206. The molecule has 4 aliphatic rings. The van der Waals surface area contributed by atoms with Crippen LogP contribution in [0.3, 0.4) is 0 Å². The Morgan fingerprint density at radius 1 is 0.493 bits per heavy atom. The van der Waals surface area contributed by atoms with Crippen LogP contribution in [0.2, 0.25) is 0 Å². The van der Waals surface area contributed by atoms with Gasteiger partial charge in [-0.25, -0.2) is 0 Å². The summed E-state index contributed by atoms with van der Waals surface area (Å²) in [5, 5.41) is 7.13. The summed E-state index contributed by atoms with van der Waals surface area (Å²) >= 11 is 3.63. The lowest BCUT2D eigenvalue weighted by molar-refractivity contribution is -0.156. The topological polar surface area (TPSA) is 115 Å². The predicted molar refractivity (Wildman–Crippen MR) is 304 cm³/mol. The van der Waals surface area contributed by atoms with Gasteiger partial charge in [-0.3, -0.25) is 29.0 Å². The molecule has 0 aliphatic carbocycles. The first-order valence-electron chi connectivity index (χ1n) is 25.1. The minimum atomic E-state index is -0.562. The molecule has 392 valence electrons. The largest absolute Gasteiger partial charge is 0.493 e. The molecule has 6 heterocycles. The fraction of sp³-hybridized carbons (Fsp3) is 0.429. The second-order valence-electron chi connectivity index (χ2n) is 18.5. The van der Waals surface area contributed by atoms with Crippen molar-refractivity contribution in [2.24, 2.45) is 0 Å². The highest BCUT2D eigenvalue weighted by molar-refractivity contribution is 7.17. The van der Waals surface area contributed by atoms with E-state index in [9.17, 15) is 19.2 Å². The Morgan fingerprint density at radius 2 is 0.904 bits per heavy atom. The molecule has 0 atom stereocenters. The van der Waals surface area contributed by atoms with Crippen LogP contribution >= 0.6 is 47.5 Å². The molecule has 17 heteroatoms. The standard InChI is InChI=1S/2C26H31N3O2S.C4H6O3.2ClH/c2*1-20(30)29-12-3-5-21-8-9-22(19-25(21)29)31-17-4-11-27-13-15-28(16-14-27)24-6-2-7-26-23(24)10-18-32-26;1-3(5)7-4(2)6;;/h2*2,6-10,18-19H,3-5,11-17H2,1H3;1-2H3;2*1H. The number of fused-ring (bicyclic) bond motifs is 4. The number of anilines is 4. The average Bonchev–Trinajstić information content (AvgIpc) is 4.07. The molecule has 0 saturated carbocycles. The third-order valence-corrected chi connectivity index (χ3v) is 15.3. The van der Waals surface area contributed by atoms with Crippen LogP contribution in [0.1, 0.15) is 64.5 Å². The molecule has 2 saturated heterocycles. The van der Waals surface area contributed by atoms with Crippen molar-refractivity contribution in [2.75, 3.05) is 111 Å². The molecule has 0 bridgehead atoms. The number of nitrogens with zero attached hydrogens (tertiary/aromatic N) is 6. The highest BCUT2D eigenvalue weighted by Gasteiger charge is 2.24. The monoisotopic (exact) mass is 1070 g/mol. The van der Waals surface area contributed by atoms with Crippen LogP contribution in [-0.4, -0.2) is 125 Å². The van der Waals surface area contributed by atoms with E-state index in [-0.39, 0.29) is 36.6 Å². The summed E-state index contributed by atoms with van der Waals surface area (Å²) in [5.74, 6) is 0.825. The van der Waals surface area contributed by atoms with E-state index in [0.29, 0.717) is 13.2 Å². The van der Waals surface area contributed by atoms with Crippen molar-refractivity contribution in [1.29, 1.82) is 0 Å². The maximum Gasteiger partial charge on any atom is 0.310 e. The Morgan fingerprint density at radius 3 is 1.27 bits per heavy atom. The van der Waals surface area contributed by atoms with Gasteiger partial charge in [-0.2, -0.15) is 0 Å². The second-order valence-corrected chi connectivity index (χ2v) is 20.4. The number of ether oxygens (including phenoxy) is 3. The SMILES string of the molecule is CC(=O)N1CCCc2ccc(OCCCN3CCN(c4cccc5sccc45)CC3)cc21.CC(=O)N1CCCc2ccc(OCCCN3CCN(c4cccc5sccc45)CC3)cc21.CC(=O)OC(C)=O.Cl.Cl. The summed E-state index contributed by atoms with van der Waals surface area (Å²) in [5.41, 5.74) is 7.29. The number of amides is 2. The van der Waals surface area contributed by atoms with Gasteiger partial charge in [0.1, 0.15) is 11.5 Å². The third kappa shape index (κ3) is 15.3. The lowest BCUT2D eigenvalue weighted by Crippen LogP contribution is -2.46. The maximum atomic E-state index is 11.9. The predicted octanol–water partition coefficient (Wildman–Crippen LogP) is 10.5. The van der Waals surface area contributed by atoms with Gasteiger partial charge in [-0.1, -0.05) is 24.3 Å². The summed E-state index contributed by atoms with van der Waals surface area (Å²) < 4.78 is 18.8. The molecule has 2 aromatic heterocycles. The van der Waals surface area contributed by atoms with Gasteiger partial charge in [0.25, 0.3) is 0 Å². The van der Waals surface area contributed by atoms with E-state index >= 15 is 0 Å². The van der Waals surface area contributed by atoms with Gasteiger partial charge in [0, 0.05) is 150 Å². The number of aryl methyl sites for hydroxylation is 2. The first kappa shape index (κ1) is 56.9. The van der Waals surface area contributed by atoms with Crippen LogP contribution in [0.15, 0.2) is 95.7 Å². The smallest absolute Gasteiger partial charge is 0.310 e. The van der Waals surface area contributed by atoms with Crippen molar-refractivity contribution < 1.29 is 33.4 Å². The minimum absolute atomic E-state index is 0. The van der Waals surface area contributed by atoms with E-state index in [1.807, 2.05) is 56.7 Å². The van der Waals surface area contributed by atoms with Crippen LogP contribution in [0, 0.1) is 0 Å². The van der Waals surface area contributed by atoms with Crippen LogP contribution in [0.4, 0.5) is 22.7 Å². The van der Waals surface area contributed by atoms with Gasteiger partial charge in [-0.15, -0.1) is 47.5 Å². The van der Waals surface area contributed by atoms with Gasteiger partial charge in [-0.05, 0) is 109 Å². The van der Waals surface area contributed by atoms with Crippen molar-refractivity contribution in [1.82, 2.24) is 9.80 Å². The molecule has 2 fully saturated rings. The van der Waals surface area contributed by atoms with Crippen LogP contribution in [0.25, 0.3) is 20.2 Å². The number of halogens is 2. The van der Waals surface area contributed by atoms with E-state index in [2.05, 4.69) is 95.8 Å². The van der Waals surface area contributed by atoms with E-state index in [1.54, 1.807) is 13.8 Å². The number of rotatable bonds is 12. The third-order valence-electron chi connectivity index (χ3n) is 13.5. The Hall–Kier alpha value is -5.42. The number of carbonyl (C=O) groups is 4. The summed E-state index contributed by atoms with van der Waals surface area (Å²) in [6.45, 7) is 19.4. The number of hydrogen-bond donors (Lipinski definition) is 0. The number of hydrogen-bond acceptors (Lipinski definition) is 13. The van der Waals surface area contributed by atoms with E-state index in [0.717, 1.165) is 140 Å². The molecule has 0 spiro atoms. The highest BCUT2D eigenvalue weighted by Crippen LogP contribution is 2.35. The molecule has 4 aliphatic heterocycles. The molecule has 0 unspecified atom stereocenters. The summed E-state index contributed by atoms with van der Waals surface area (Å²) in [6, 6.07) is 30.2. The normalized spacial score (nSPS) is 15.6. The Labute approximate surface area is 450 Å². The zero-order chi connectivity index (χ0) is 49.7. The van der Waals surface area contributed by atoms with Gasteiger partial charge in [0.15, 0.2) is 0 Å². The first-order valence-corrected chi connectivity index (χ1v) is 26.9. The highest BCUT2D eigenvalue weighted by atomic mass is 35.5. The quantitative estimate of drug-likeness (QED) is 0.0663. The Bertz CT molecular complexity index is 2590. The van der Waals surface area contributed by atoms with Crippen molar-refractivity contribution in [2.45, 2.75) is 66.2 Å².